The van der Waals surface area contributed by atoms with E-state index in [2.05, 4.69) is 10.6 Å². The third kappa shape index (κ3) is 3.73. The maximum Gasteiger partial charge on any atom is 0.323 e. The Morgan fingerprint density at radius 3 is 2.75 bits per heavy atom. The van der Waals surface area contributed by atoms with Crippen LogP contribution < -0.4 is 10.6 Å². The molecule has 2 aliphatic rings. The van der Waals surface area contributed by atoms with E-state index in [0.717, 1.165) is 31.5 Å². The molecule has 0 spiro atoms. The van der Waals surface area contributed by atoms with Gasteiger partial charge in [0.15, 0.2) is 0 Å². The van der Waals surface area contributed by atoms with Gasteiger partial charge in [-0.05, 0) is 49.5 Å². The minimum absolute atomic E-state index is 0.0466. The van der Waals surface area contributed by atoms with Crippen LogP contribution in [0.3, 0.4) is 0 Å². The maximum absolute atomic E-state index is 12.2. The predicted molar refractivity (Wildman–Crippen MR) is 87.7 cm³/mol. The molecule has 0 radical (unpaired) electrons. The van der Waals surface area contributed by atoms with Crippen molar-refractivity contribution >= 4 is 23.5 Å². The first-order valence-corrected chi connectivity index (χ1v) is 8.17. The van der Waals surface area contributed by atoms with Crippen LogP contribution in [0.25, 0.3) is 0 Å². The van der Waals surface area contributed by atoms with Gasteiger partial charge in [0.05, 0.1) is 0 Å². The number of aliphatic carboxylic acids is 1. The summed E-state index contributed by atoms with van der Waals surface area (Å²) in [4.78, 5) is 36.5. The van der Waals surface area contributed by atoms with Gasteiger partial charge in [-0.2, -0.15) is 0 Å². The van der Waals surface area contributed by atoms with E-state index in [4.69, 9.17) is 5.11 Å². The number of fused-ring (bicyclic) bond motifs is 1. The second-order valence-electron chi connectivity index (χ2n) is 6.37. The minimum atomic E-state index is -1.04. The number of carbonyl (C=O) groups excluding carboxylic acids is 2. The Bertz CT molecular complexity index is 668. The van der Waals surface area contributed by atoms with Crippen LogP contribution >= 0.6 is 0 Å². The third-order valence-electron chi connectivity index (χ3n) is 4.53. The van der Waals surface area contributed by atoms with E-state index in [1.807, 2.05) is 0 Å². The molecule has 24 heavy (non-hydrogen) atoms. The Kier molecular flexibility index (Phi) is 4.80. The molecule has 3 rings (SSSR count). The highest BCUT2D eigenvalue weighted by Gasteiger charge is 2.29. The van der Waals surface area contributed by atoms with Crippen molar-refractivity contribution in [1.82, 2.24) is 10.2 Å². The number of hydrogen-bond acceptors (Lipinski definition) is 4. The van der Waals surface area contributed by atoms with Crippen molar-refractivity contribution in [3.05, 3.63) is 29.3 Å². The van der Waals surface area contributed by atoms with Crippen LogP contribution in [0.2, 0.25) is 0 Å². The van der Waals surface area contributed by atoms with Crippen molar-refractivity contribution in [1.29, 1.82) is 0 Å². The van der Waals surface area contributed by atoms with Gasteiger partial charge < -0.3 is 20.6 Å². The van der Waals surface area contributed by atoms with Gasteiger partial charge in [-0.1, -0.05) is 6.07 Å². The topological polar surface area (TPSA) is 98.7 Å². The second-order valence-corrected chi connectivity index (χ2v) is 6.37. The summed E-state index contributed by atoms with van der Waals surface area (Å²) in [6.45, 7) is 1.88. The van der Waals surface area contributed by atoms with Gasteiger partial charge >= 0.3 is 5.97 Å². The van der Waals surface area contributed by atoms with Gasteiger partial charge in [0.2, 0.25) is 5.91 Å². The summed E-state index contributed by atoms with van der Waals surface area (Å²) in [5.41, 5.74) is 1.84. The summed E-state index contributed by atoms with van der Waals surface area (Å²) < 4.78 is 0. The number of carbonyl (C=O) groups is 3. The quantitative estimate of drug-likeness (QED) is 0.749. The lowest BCUT2D eigenvalue weighted by molar-refractivity contribution is -0.137. The normalized spacial score (nSPS) is 17.7. The molecule has 1 aromatic carbocycles. The molecule has 7 nitrogen and oxygen atoms in total. The van der Waals surface area contributed by atoms with Crippen LogP contribution in [0, 0.1) is 5.92 Å². The fraction of sp³-hybridized carbons (Fsp3) is 0.471. The molecule has 0 aliphatic carbocycles. The molecule has 2 amide bonds. The first kappa shape index (κ1) is 16.4. The number of rotatable bonds is 5. The maximum atomic E-state index is 12.2. The lowest BCUT2D eigenvalue weighted by atomic mass is 9.94. The molecule has 0 saturated carbocycles. The number of hydrogen-bond donors (Lipinski definition) is 3. The van der Waals surface area contributed by atoms with Gasteiger partial charge in [-0.25, -0.2) is 0 Å². The van der Waals surface area contributed by atoms with E-state index in [9.17, 15) is 14.4 Å². The Morgan fingerprint density at radius 2 is 2.04 bits per heavy atom. The number of amides is 2. The fourth-order valence-corrected chi connectivity index (χ4v) is 3.29. The molecule has 7 heteroatoms. The molecule has 0 unspecified atom stereocenters. The van der Waals surface area contributed by atoms with Crippen molar-refractivity contribution in [3.8, 4) is 0 Å². The van der Waals surface area contributed by atoms with Crippen LogP contribution in [-0.4, -0.2) is 47.4 Å². The number of carboxylic acids is 1. The highest BCUT2D eigenvalue weighted by Crippen LogP contribution is 2.26. The molecule has 3 N–H and O–H groups in total. The minimum Gasteiger partial charge on any atom is -0.480 e. The summed E-state index contributed by atoms with van der Waals surface area (Å²) in [6.07, 6.45) is 2.48. The lowest BCUT2D eigenvalue weighted by Gasteiger charge is -2.21. The number of benzene rings is 1. The van der Waals surface area contributed by atoms with E-state index in [1.54, 1.807) is 18.2 Å². The lowest BCUT2D eigenvalue weighted by Crippen LogP contribution is -2.30. The Balaban J connectivity index is 1.62. The third-order valence-corrected chi connectivity index (χ3v) is 4.53. The zero-order chi connectivity index (χ0) is 17.1. The van der Waals surface area contributed by atoms with Crippen molar-refractivity contribution in [2.45, 2.75) is 25.8 Å². The highest BCUT2D eigenvalue weighted by molar-refractivity contribution is 6.01. The number of nitrogens with one attached hydrogen (secondary N) is 2. The Labute approximate surface area is 140 Å². The van der Waals surface area contributed by atoms with Crippen LogP contribution in [-0.2, 0) is 16.1 Å². The monoisotopic (exact) mass is 331 g/mol. The first-order chi connectivity index (χ1) is 11.5. The molecule has 1 aromatic rings. The fourth-order valence-electron chi connectivity index (χ4n) is 3.29. The van der Waals surface area contributed by atoms with Crippen molar-refractivity contribution in [2.75, 3.05) is 25.0 Å². The summed E-state index contributed by atoms with van der Waals surface area (Å²) in [7, 11) is 0. The van der Waals surface area contributed by atoms with E-state index < -0.39 is 5.97 Å². The van der Waals surface area contributed by atoms with Crippen molar-refractivity contribution in [3.63, 3.8) is 0 Å². The molecular weight excluding hydrogens is 310 g/mol. The molecular formula is C17H21N3O4. The van der Waals surface area contributed by atoms with Crippen LogP contribution in [0.4, 0.5) is 5.69 Å². The van der Waals surface area contributed by atoms with E-state index in [-0.39, 0.29) is 18.4 Å². The van der Waals surface area contributed by atoms with E-state index >= 15 is 0 Å². The van der Waals surface area contributed by atoms with E-state index in [1.165, 1.54) is 4.90 Å². The summed E-state index contributed by atoms with van der Waals surface area (Å²) in [5, 5.41) is 15.0. The highest BCUT2D eigenvalue weighted by atomic mass is 16.4. The Hall–Kier alpha value is -2.41. The molecule has 1 saturated heterocycles. The van der Waals surface area contributed by atoms with Gasteiger partial charge in [-0.15, -0.1) is 0 Å². The SMILES string of the molecule is O=C(O)CN1Cc2ccc(NC(=O)CC3CCNCC3)cc2C1=O. The number of piperidine rings is 1. The summed E-state index contributed by atoms with van der Waals surface area (Å²) in [5.74, 6) is -0.989. The number of anilines is 1. The van der Waals surface area contributed by atoms with E-state index in [0.29, 0.717) is 30.1 Å². The predicted octanol–water partition coefficient (Wildman–Crippen LogP) is 1.06. The molecule has 0 atom stereocenters. The Morgan fingerprint density at radius 1 is 1.29 bits per heavy atom. The van der Waals surface area contributed by atoms with Gasteiger partial charge in [0.1, 0.15) is 6.54 Å². The van der Waals surface area contributed by atoms with Gasteiger partial charge in [0.25, 0.3) is 5.91 Å². The summed E-state index contributed by atoms with van der Waals surface area (Å²) in [6, 6.07) is 5.17. The zero-order valence-corrected chi connectivity index (χ0v) is 13.4. The molecule has 128 valence electrons. The standard InChI is InChI=1S/C17H21N3O4/c21-15(7-11-3-5-18-6-4-11)19-13-2-1-12-9-20(10-16(22)23)17(24)14(12)8-13/h1-2,8,11,18H,3-7,9-10H2,(H,19,21)(H,22,23). The molecule has 2 heterocycles. The number of nitrogens with zero attached hydrogens (tertiary/aromatic N) is 1. The van der Waals surface area contributed by atoms with Crippen LogP contribution in [0.1, 0.15) is 35.2 Å². The largest absolute Gasteiger partial charge is 0.480 e. The average molecular weight is 331 g/mol. The van der Waals surface area contributed by atoms with Gasteiger partial charge in [-0.3, -0.25) is 14.4 Å². The van der Waals surface area contributed by atoms with Crippen molar-refractivity contribution in [2.24, 2.45) is 5.92 Å². The van der Waals surface area contributed by atoms with Crippen LogP contribution in [0.5, 0.6) is 0 Å². The van der Waals surface area contributed by atoms with Crippen LogP contribution in [0.15, 0.2) is 18.2 Å². The first-order valence-electron chi connectivity index (χ1n) is 8.17. The zero-order valence-electron chi connectivity index (χ0n) is 13.4. The van der Waals surface area contributed by atoms with Crippen molar-refractivity contribution < 1.29 is 19.5 Å². The number of carboxylic acid groups (broad SMARTS) is 1. The molecule has 2 aliphatic heterocycles. The molecule has 1 fully saturated rings. The second kappa shape index (κ2) is 7.00. The smallest absolute Gasteiger partial charge is 0.323 e. The summed E-state index contributed by atoms with van der Waals surface area (Å²) >= 11 is 0. The average Bonchev–Trinajstić information content (AvgIpc) is 2.84. The van der Waals surface area contributed by atoms with Gasteiger partial charge in [0, 0.05) is 24.2 Å². The molecule has 0 aromatic heterocycles. The molecule has 0 bridgehead atoms.